The molecular formula is C9H10BrNO. The molecule has 0 aromatic heterocycles. The quantitative estimate of drug-likeness (QED) is 0.852. The molecular weight excluding hydrogens is 218 g/mol. The number of carbonyl (C=O) groups excluding carboxylic acids is 1. The van der Waals surface area contributed by atoms with Crippen LogP contribution in [0.25, 0.3) is 0 Å². The Morgan fingerprint density at radius 3 is 2.83 bits per heavy atom. The Morgan fingerprint density at radius 1 is 1.50 bits per heavy atom. The summed E-state index contributed by atoms with van der Waals surface area (Å²) in [6.45, 7) is 0.118. The predicted molar refractivity (Wildman–Crippen MR) is 51.9 cm³/mol. The Labute approximate surface area is 79.9 Å². The van der Waals surface area contributed by atoms with Crippen molar-refractivity contribution in [2.24, 2.45) is 5.73 Å². The standard InChI is InChI=1S/C9H10BrNO/c10-8-3-1-2-7(4-8)5-9(12)6-11/h1-4H,5-6,11H2. The zero-order chi connectivity index (χ0) is 8.97. The van der Waals surface area contributed by atoms with Gasteiger partial charge in [-0.1, -0.05) is 28.1 Å². The van der Waals surface area contributed by atoms with Gasteiger partial charge in [-0.25, -0.2) is 0 Å². The van der Waals surface area contributed by atoms with Gasteiger partial charge in [-0.05, 0) is 17.7 Å². The summed E-state index contributed by atoms with van der Waals surface area (Å²) in [5.41, 5.74) is 6.20. The first-order valence-electron chi connectivity index (χ1n) is 3.68. The molecule has 1 aromatic rings. The van der Waals surface area contributed by atoms with Gasteiger partial charge in [-0.2, -0.15) is 0 Å². The lowest BCUT2D eigenvalue weighted by Gasteiger charge is -1.98. The molecule has 1 rings (SSSR count). The fraction of sp³-hybridized carbons (Fsp3) is 0.222. The number of ketones is 1. The second-order valence-electron chi connectivity index (χ2n) is 2.55. The van der Waals surface area contributed by atoms with Crippen molar-refractivity contribution in [1.82, 2.24) is 0 Å². The lowest BCUT2D eigenvalue weighted by Crippen LogP contribution is -2.15. The van der Waals surface area contributed by atoms with E-state index in [-0.39, 0.29) is 12.3 Å². The minimum atomic E-state index is 0.0631. The second-order valence-corrected chi connectivity index (χ2v) is 3.47. The number of hydrogen-bond donors (Lipinski definition) is 1. The topological polar surface area (TPSA) is 43.1 Å². The molecule has 64 valence electrons. The summed E-state index contributed by atoms with van der Waals surface area (Å²) in [5.74, 6) is 0.0631. The number of nitrogens with two attached hydrogens (primary N) is 1. The number of benzene rings is 1. The van der Waals surface area contributed by atoms with Crippen molar-refractivity contribution in [2.75, 3.05) is 6.54 Å². The SMILES string of the molecule is NCC(=O)Cc1cccc(Br)c1. The van der Waals surface area contributed by atoms with Gasteiger partial charge in [0.1, 0.15) is 0 Å². The van der Waals surface area contributed by atoms with E-state index in [1.54, 1.807) is 0 Å². The Bertz CT molecular complexity index is 286. The van der Waals surface area contributed by atoms with Crippen molar-refractivity contribution in [2.45, 2.75) is 6.42 Å². The molecule has 0 aliphatic heterocycles. The maximum atomic E-state index is 11.0. The number of Topliss-reactive ketones (excluding diaryl/α,β-unsaturated/α-hetero) is 1. The molecule has 0 saturated heterocycles. The molecule has 0 amide bonds. The van der Waals surface area contributed by atoms with Crippen molar-refractivity contribution in [1.29, 1.82) is 0 Å². The van der Waals surface area contributed by atoms with Gasteiger partial charge in [0, 0.05) is 10.9 Å². The van der Waals surface area contributed by atoms with Gasteiger partial charge < -0.3 is 5.73 Å². The minimum absolute atomic E-state index is 0.0631. The third-order valence-corrected chi connectivity index (χ3v) is 2.01. The first-order valence-corrected chi connectivity index (χ1v) is 4.48. The van der Waals surface area contributed by atoms with Gasteiger partial charge in [-0.15, -0.1) is 0 Å². The van der Waals surface area contributed by atoms with Crippen molar-refractivity contribution in [3.63, 3.8) is 0 Å². The molecule has 2 nitrogen and oxygen atoms in total. The molecule has 2 N–H and O–H groups in total. The summed E-state index contributed by atoms with van der Waals surface area (Å²) in [6, 6.07) is 7.67. The van der Waals surface area contributed by atoms with Crippen LogP contribution in [0, 0.1) is 0 Å². The highest BCUT2D eigenvalue weighted by molar-refractivity contribution is 9.10. The van der Waals surface area contributed by atoms with Gasteiger partial charge >= 0.3 is 0 Å². The monoisotopic (exact) mass is 227 g/mol. The summed E-state index contributed by atoms with van der Waals surface area (Å²) in [4.78, 5) is 11.0. The van der Waals surface area contributed by atoms with E-state index in [0.717, 1.165) is 10.0 Å². The van der Waals surface area contributed by atoms with Crippen LogP contribution in [0.1, 0.15) is 5.56 Å². The summed E-state index contributed by atoms with van der Waals surface area (Å²) < 4.78 is 0.991. The molecule has 0 saturated carbocycles. The molecule has 0 radical (unpaired) electrons. The highest BCUT2D eigenvalue weighted by atomic mass is 79.9. The Balaban J connectivity index is 2.69. The van der Waals surface area contributed by atoms with Crippen LogP contribution in [0.2, 0.25) is 0 Å². The maximum absolute atomic E-state index is 11.0. The highest BCUT2D eigenvalue weighted by Gasteiger charge is 2.00. The summed E-state index contributed by atoms with van der Waals surface area (Å²) in [7, 11) is 0. The molecule has 0 aliphatic carbocycles. The number of hydrogen-bond acceptors (Lipinski definition) is 2. The van der Waals surface area contributed by atoms with E-state index >= 15 is 0 Å². The van der Waals surface area contributed by atoms with Crippen molar-refractivity contribution in [3.8, 4) is 0 Å². The smallest absolute Gasteiger partial charge is 0.150 e. The van der Waals surface area contributed by atoms with Crippen LogP contribution in [-0.2, 0) is 11.2 Å². The van der Waals surface area contributed by atoms with E-state index in [2.05, 4.69) is 15.9 Å². The van der Waals surface area contributed by atoms with E-state index in [1.807, 2.05) is 24.3 Å². The number of carbonyl (C=O) groups is 1. The van der Waals surface area contributed by atoms with E-state index in [1.165, 1.54) is 0 Å². The number of rotatable bonds is 3. The Kier molecular flexibility index (Phi) is 3.44. The van der Waals surface area contributed by atoms with Gasteiger partial charge in [0.05, 0.1) is 6.54 Å². The van der Waals surface area contributed by atoms with Gasteiger partial charge in [-0.3, -0.25) is 4.79 Å². The Morgan fingerprint density at radius 2 is 2.25 bits per heavy atom. The molecule has 12 heavy (non-hydrogen) atoms. The van der Waals surface area contributed by atoms with Crippen molar-refractivity contribution >= 4 is 21.7 Å². The van der Waals surface area contributed by atoms with Gasteiger partial charge in [0.2, 0.25) is 0 Å². The van der Waals surface area contributed by atoms with E-state index in [0.29, 0.717) is 6.42 Å². The average molecular weight is 228 g/mol. The lowest BCUT2D eigenvalue weighted by molar-refractivity contribution is -0.117. The van der Waals surface area contributed by atoms with E-state index in [4.69, 9.17) is 5.73 Å². The first-order chi connectivity index (χ1) is 5.72. The normalized spacial score (nSPS) is 9.83. The van der Waals surface area contributed by atoms with Crippen LogP contribution >= 0.6 is 15.9 Å². The fourth-order valence-electron chi connectivity index (χ4n) is 0.947. The largest absolute Gasteiger partial charge is 0.324 e. The van der Waals surface area contributed by atoms with Gasteiger partial charge in [0.25, 0.3) is 0 Å². The van der Waals surface area contributed by atoms with Crippen molar-refractivity contribution in [3.05, 3.63) is 34.3 Å². The van der Waals surface area contributed by atoms with Crippen LogP contribution in [-0.4, -0.2) is 12.3 Å². The van der Waals surface area contributed by atoms with Crippen LogP contribution in [0.15, 0.2) is 28.7 Å². The summed E-state index contributed by atoms with van der Waals surface area (Å²) >= 11 is 3.33. The third kappa shape index (κ3) is 2.75. The molecule has 0 spiro atoms. The molecule has 0 bridgehead atoms. The first kappa shape index (κ1) is 9.42. The van der Waals surface area contributed by atoms with Crippen LogP contribution in [0.5, 0.6) is 0 Å². The second kappa shape index (κ2) is 4.38. The molecule has 3 heteroatoms. The molecule has 0 unspecified atom stereocenters. The zero-order valence-corrected chi connectivity index (χ0v) is 8.17. The minimum Gasteiger partial charge on any atom is -0.324 e. The lowest BCUT2D eigenvalue weighted by atomic mass is 10.1. The Hall–Kier alpha value is -0.670. The predicted octanol–water partition coefficient (Wildman–Crippen LogP) is 1.52. The van der Waals surface area contributed by atoms with Crippen LogP contribution in [0.3, 0.4) is 0 Å². The molecule has 0 fully saturated rings. The summed E-state index contributed by atoms with van der Waals surface area (Å²) in [6.07, 6.45) is 0.427. The maximum Gasteiger partial charge on any atom is 0.150 e. The van der Waals surface area contributed by atoms with E-state index in [9.17, 15) is 4.79 Å². The molecule has 1 aromatic carbocycles. The number of halogens is 1. The van der Waals surface area contributed by atoms with Crippen LogP contribution in [0.4, 0.5) is 0 Å². The fourth-order valence-corrected chi connectivity index (χ4v) is 1.39. The molecule has 0 aliphatic rings. The highest BCUT2D eigenvalue weighted by Crippen LogP contribution is 2.11. The van der Waals surface area contributed by atoms with Gasteiger partial charge in [0.15, 0.2) is 5.78 Å². The summed E-state index contributed by atoms with van der Waals surface area (Å²) in [5, 5.41) is 0. The molecule has 0 atom stereocenters. The average Bonchev–Trinajstić information content (AvgIpc) is 2.04. The van der Waals surface area contributed by atoms with E-state index < -0.39 is 0 Å². The third-order valence-electron chi connectivity index (χ3n) is 1.52. The zero-order valence-electron chi connectivity index (χ0n) is 6.59. The van der Waals surface area contributed by atoms with Crippen LogP contribution < -0.4 is 5.73 Å². The van der Waals surface area contributed by atoms with Crippen molar-refractivity contribution < 1.29 is 4.79 Å². The molecule has 0 heterocycles.